The topological polar surface area (TPSA) is 53.1 Å². The summed E-state index contributed by atoms with van der Waals surface area (Å²) in [4.78, 5) is 7.77. The summed E-state index contributed by atoms with van der Waals surface area (Å²) < 4.78 is 24.7. The summed E-state index contributed by atoms with van der Waals surface area (Å²) in [6.07, 6.45) is 2.43. The van der Waals surface area contributed by atoms with Gasteiger partial charge in [-0.25, -0.2) is 10.9 Å². The van der Waals surface area contributed by atoms with Crippen molar-refractivity contribution in [3.8, 4) is 0 Å². The summed E-state index contributed by atoms with van der Waals surface area (Å²) in [7, 11) is 0. The van der Waals surface area contributed by atoms with Gasteiger partial charge in [0, 0.05) is 12.4 Å². The summed E-state index contributed by atoms with van der Waals surface area (Å²) >= 11 is 0. The third kappa shape index (κ3) is 1.72. The molecule has 1 heterocycles. The first-order valence-corrected chi connectivity index (χ1v) is 2.87. The molecule has 0 aromatic carbocycles. The predicted octanol–water partition coefficient (Wildman–Crippen LogP) is 0.668. The highest BCUT2D eigenvalue weighted by molar-refractivity contribution is 4.90. The van der Waals surface area contributed by atoms with Gasteiger partial charge >= 0.3 is 6.55 Å². The summed E-state index contributed by atoms with van der Waals surface area (Å²) in [5.41, 5.74) is 0. The summed E-state index contributed by atoms with van der Waals surface area (Å²) in [5, 5.41) is 0. The Morgan fingerprint density at radius 3 is 3.00 bits per heavy atom. The van der Waals surface area contributed by atoms with Crippen LogP contribution in [0.1, 0.15) is 12.4 Å². The van der Waals surface area contributed by atoms with Crippen LogP contribution in [0.3, 0.4) is 0 Å². The van der Waals surface area contributed by atoms with E-state index in [-0.39, 0.29) is 12.4 Å². The molecule has 1 rings (SSSR count). The number of halogens is 2. The van der Waals surface area contributed by atoms with Crippen LogP contribution >= 0.6 is 0 Å². The van der Waals surface area contributed by atoms with Gasteiger partial charge in [0.25, 0.3) is 0 Å². The number of hydrogen-bond donors (Lipinski definition) is 1. The maximum atomic E-state index is 12.0. The molecule has 1 aromatic heterocycles. The van der Waals surface area contributed by atoms with Crippen molar-refractivity contribution < 1.29 is 13.6 Å². The Morgan fingerprint density at radius 1 is 1.73 bits per heavy atom. The molecular formula is C5H7F2N3O. The first kappa shape index (κ1) is 8.09. The average molecular weight is 163 g/mol. The molecule has 0 spiro atoms. The number of imidazole rings is 1. The standard InChI is InChI=1S/C5H7F2N3O/c6-5(7)10-2-1-9-4(10)3-11-8/h1-2,5H,3,8H2. The third-order valence-electron chi connectivity index (χ3n) is 1.17. The zero-order chi connectivity index (χ0) is 8.27. The molecule has 0 saturated carbocycles. The van der Waals surface area contributed by atoms with E-state index in [2.05, 4.69) is 9.82 Å². The van der Waals surface area contributed by atoms with Crippen molar-refractivity contribution in [2.75, 3.05) is 0 Å². The molecule has 0 atom stereocenters. The number of rotatable bonds is 3. The van der Waals surface area contributed by atoms with E-state index in [4.69, 9.17) is 5.90 Å². The van der Waals surface area contributed by atoms with E-state index in [9.17, 15) is 8.78 Å². The lowest BCUT2D eigenvalue weighted by Gasteiger charge is -2.03. The highest BCUT2D eigenvalue weighted by Crippen LogP contribution is 2.12. The van der Waals surface area contributed by atoms with Crippen molar-refractivity contribution in [1.29, 1.82) is 0 Å². The molecule has 0 amide bonds. The summed E-state index contributed by atoms with van der Waals surface area (Å²) in [5.74, 6) is 4.80. The number of nitrogens with two attached hydrogens (primary N) is 1. The highest BCUT2D eigenvalue weighted by Gasteiger charge is 2.10. The van der Waals surface area contributed by atoms with Crippen LogP contribution in [0.15, 0.2) is 12.4 Å². The monoisotopic (exact) mass is 163 g/mol. The molecule has 1 aromatic rings. The number of alkyl halides is 2. The zero-order valence-corrected chi connectivity index (χ0v) is 5.58. The van der Waals surface area contributed by atoms with E-state index in [1.54, 1.807) is 0 Å². The predicted molar refractivity (Wildman–Crippen MR) is 32.5 cm³/mol. The van der Waals surface area contributed by atoms with Crippen molar-refractivity contribution in [3.05, 3.63) is 18.2 Å². The van der Waals surface area contributed by atoms with Gasteiger partial charge in [0.2, 0.25) is 0 Å². The Hall–Kier alpha value is -1.01. The Balaban J connectivity index is 2.78. The first-order chi connectivity index (χ1) is 5.25. The van der Waals surface area contributed by atoms with Crippen LogP contribution < -0.4 is 5.90 Å². The summed E-state index contributed by atoms with van der Waals surface area (Å²) in [6.45, 7) is -2.71. The lowest BCUT2D eigenvalue weighted by atomic mass is 10.6. The normalized spacial score (nSPS) is 10.9. The van der Waals surface area contributed by atoms with Gasteiger partial charge in [-0.1, -0.05) is 0 Å². The third-order valence-corrected chi connectivity index (χ3v) is 1.17. The quantitative estimate of drug-likeness (QED) is 0.666. The van der Waals surface area contributed by atoms with Crippen LogP contribution in [0.25, 0.3) is 0 Å². The molecular weight excluding hydrogens is 156 g/mol. The molecule has 0 bridgehead atoms. The van der Waals surface area contributed by atoms with Gasteiger partial charge in [-0.15, -0.1) is 0 Å². The smallest absolute Gasteiger partial charge is 0.297 e. The average Bonchev–Trinajstić information content (AvgIpc) is 2.36. The molecule has 11 heavy (non-hydrogen) atoms. The van der Waals surface area contributed by atoms with Crippen molar-refractivity contribution in [2.45, 2.75) is 13.2 Å². The molecule has 62 valence electrons. The number of aromatic nitrogens is 2. The Morgan fingerprint density at radius 2 is 2.45 bits per heavy atom. The van der Waals surface area contributed by atoms with Crippen LogP contribution in [-0.4, -0.2) is 9.55 Å². The van der Waals surface area contributed by atoms with E-state index in [1.165, 1.54) is 12.4 Å². The minimum atomic E-state index is -2.59. The molecule has 0 fully saturated rings. The second kappa shape index (κ2) is 3.40. The van der Waals surface area contributed by atoms with Gasteiger partial charge in [-0.3, -0.25) is 9.40 Å². The lowest BCUT2D eigenvalue weighted by Crippen LogP contribution is -2.07. The molecule has 0 aliphatic rings. The second-order valence-corrected chi connectivity index (χ2v) is 1.84. The Labute approximate surface area is 61.5 Å². The van der Waals surface area contributed by atoms with E-state index in [0.29, 0.717) is 4.57 Å². The van der Waals surface area contributed by atoms with Gasteiger partial charge in [-0.2, -0.15) is 8.78 Å². The van der Waals surface area contributed by atoms with E-state index in [0.717, 1.165) is 0 Å². The highest BCUT2D eigenvalue weighted by atomic mass is 19.3. The molecule has 0 radical (unpaired) electrons. The molecule has 4 nitrogen and oxygen atoms in total. The van der Waals surface area contributed by atoms with Crippen molar-refractivity contribution in [3.63, 3.8) is 0 Å². The molecule has 0 aliphatic heterocycles. The van der Waals surface area contributed by atoms with E-state index >= 15 is 0 Å². The maximum absolute atomic E-state index is 12.0. The maximum Gasteiger partial charge on any atom is 0.320 e. The summed E-state index contributed by atoms with van der Waals surface area (Å²) in [6, 6.07) is 0. The fourth-order valence-electron chi connectivity index (χ4n) is 0.708. The van der Waals surface area contributed by atoms with Crippen molar-refractivity contribution in [2.24, 2.45) is 5.90 Å². The first-order valence-electron chi connectivity index (χ1n) is 2.87. The SMILES string of the molecule is NOCc1nccn1C(F)F. The fraction of sp³-hybridized carbons (Fsp3) is 0.400. The van der Waals surface area contributed by atoms with Gasteiger partial charge in [-0.05, 0) is 0 Å². The lowest BCUT2D eigenvalue weighted by molar-refractivity contribution is 0.0523. The molecule has 0 aliphatic carbocycles. The largest absolute Gasteiger partial charge is 0.320 e. The van der Waals surface area contributed by atoms with Crippen molar-refractivity contribution >= 4 is 0 Å². The van der Waals surface area contributed by atoms with Gasteiger partial charge in [0.1, 0.15) is 12.4 Å². The molecule has 6 heteroatoms. The van der Waals surface area contributed by atoms with E-state index < -0.39 is 6.55 Å². The van der Waals surface area contributed by atoms with Gasteiger partial charge in [0.15, 0.2) is 0 Å². The van der Waals surface area contributed by atoms with Crippen LogP contribution in [0.5, 0.6) is 0 Å². The minimum absolute atomic E-state index is 0.113. The fourth-order valence-corrected chi connectivity index (χ4v) is 0.708. The molecule has 2 N–H and O–H groups in total. The zero-order valence-electron chi connectivity index (χ0n) is 5.58. The second-order valence-electron chi connectivity index (χ2n) is 1.84. The number of hydrogen-bond acceptors (Lipinski definition) is 3. The van der Waals surface area contributed by atoms with Crippen LogP contribution in [0.2, 0.25) is 0 Å². The molecule has 0 unspecified atom stereocenters. The van der Waals surface area contributed by atoms with Gasteiger partial charge in [0.05, 0.1) is 0 Å². The number of nitrogens with zero attached hydrogens (tertiary/aromatic N) is 2. The van der Waals surface area contributed by atoms with Crippen LogP contribution in [0.4, 0.5) is 8.78 Å². The van der Waals surface area contributed by atoms with Crippen molar-refractivity contribution in [1.82, 2.24) is 9.55 Å². The van der Waals surface area contributed by atoms with Crippen LogP contribution in [0, 0.1) is 0 Å². The Kier molecular flexibility index (Phi) is 2.50. The minimum Gasteiger partial charge on any atom is -0.297 e. The molecule has 0 saturated heterocycles. The van der Waals surface area contributed by atoms with Crippen LogP contribution in [-0.2, 0) is 11.4 Å². The Bertz CT molecular complexity index is 225. The van der Waals surface area contributed by atoms with E-state index in [1.807, 2.05) is 0 Å². The van der Waals surface area contributed by atoms with Gasteiger partial charge < -0.3 is 0 Å².